The highest BCUT2D eigenvalue weighted by molar-refractivity contribution is 7.89. The molecule has 3 aromatic rings. The van der Waals surface area contributed by atoms with Crippen molar-refractivity contribution < 1.29 is 22.7 Å². The zero-order chi connectivity index (χ0) is 22.8. The average Bonchev–Trinajstić information content (AvgIpc) is 3.11. The van der Waals surface area contributed by atoms with E-state index in [2.05, 4.69) is 15.3 Å². The van der Waals surface area contributed by atoms with E-state index in [1.165, 1.54) is 48.3 Å². The van der Waals surface area contributed by atoms with Gasteiger partial charge in [-0.25, -0.2) is 23.2 Å². The summed E-state index contributed by atoms with van der Waals surface area (Å²) in [5.41, 5.74) is 1.24. The van der Waals surface area contributed by atoms with Crippen molar-refractivity contribution in [2.45, 2.75) is 25.7 Å². The quantitative estimate of drug-likeness (QED) is 0.504. The Hall–Kier alpha value is -2.76. The minimum atomic E-state index is -3.62. The Morgan fingerprint density at radius 1 is 1.19 bits per heavy atom. The van der Waals surface area contributed by atoms with Gasteiger partial charge >= 0.3 is 5.97 Å². The number of thiophene rings is 1. The number of ether oxygens (including phenoxy) is 2. The Morgan fingerprint density at radius 2 is 1.90 bits per heavy atom. The van der Waals surface area contributed by atoms with Crippen LogP contribution in [0.4, 0.5) is 11.5 Å². The van der Waals surface area contributed by atoms with Crippen LogP contribution in [0.5, 0.6) is 5.75 Å². The number of benzene rings is 1. The third kappa shape index (κ3) is 4.21. The van der Waals surface area contributed by atoms with Crippen LogP contribution in [0.3, 0.4) is 0 Å². The van der Waals surface area contributed by atoms with Crippen molar-refractivity contribution >= 4 is 49.1 Å². The molecule has 1 N–H and O–H groups in total. The first kappa shape index (κ1) is 22.9. The summed E-state index contributed by atoms with van der Waals surface area (Å²) in [7, 11) is -0.827. The first-order valence-corrected chi connectivity index (χ1v) is 11.8. The largest absolute Gasteiger partial charge is 0.495 e. The number of methoxy groups -OCH3 is 2. The van der Waals surface area contributed by atoms with Gasteiger partial charge in [-0.05, 0) is 24.6 Å². The Kier molecular flexibility index (Phi) is 6.77. The van der Waals surface area contributed by atoms with Crippen molar-refractivity contribution in [2.24, 2.45) is 0 Å². The van der Waals surface area contributed by atoms with Crippen LogP contribution >= 0.6 is 11.3 Å². The number of aromatic nitrogens is 2. The number of carbonyl (C=O) groups is 1. The number of esters is 1. The second-order valence-corrected chi connectivity index (χ2v) is 9.46. The first-order chi connectivity index (χ1) is 14.8. The van der Waals surface area contributed by atoms with Crippen LogP contribution in [0.2, 0.25) is 0 Å². The summed E-state index contributed by atoms with van der Waals surface area (Å²) in [6.07, 6.45) is 1.40. The van der Waals surface area contributed by atoms with E-state index in [0.717, 1.165) is 0 Å². The lowest BCUT2D eigenvalue weighted by Gasteiger charge is -2.19. The van der Waals surface area contributed by atoms with Gasteiger partial charge < -0.3 is 14.8 Å². The van der Waals surface area contributed by atoms with Crippen molar-refractivity contribution in [2.75, 3.05) is 32.6 Å². The van der Waals surface area contributed by atoms with E-state index in [-0.39, 0.29) is 4.90 Å². The fraction of sp³-hybridized carbons (Fsp3) is 0.350. The van der Waals surface area contributed by atoms with Gasteiger partial charge in [0.05, 0.1) is 30.2 Å². The summed E-state index contributed by atoms with van der Waals surface area (Å²) < 4.78 is 37.3. The molecule has 0 unspecified atom stereocenters. The number of hydrogen-bond donors (Lipinski definition) is 1. The molecule has 166 valence electrons. The van der Waals surface area contributed by atoms with Crippen molar-refractivity contribution in [3.63, 3.8) is 0 Å². The fourth-order valence-electron chi connectivity index (χ4n) is 3.23. The molecule has 1 aromatic carbocycles. The number of nitrogens with zero attached hydrogens (tertiary/aromatic N) is 3. The normalized spacial score (nSPS) is 11.7. The van der Waals surface area contributed by atoms with Gasteiger partial charge in [0.25, 0.3) is 0 Å². The molecular weight excluding hydrogens is 440 g/mol. The third-order valence-corrected chi connectivity index (χ3v) is 8.09. The molecule has 2 aromatic heterocycles. The van der Waals surface area contributed by atoms with Gasteiger partial charge in [0.2, 0.25) is 10.0 Å². The van der Waals surface area contributed by atoms with Crippen LogP contribution in [0.1, 0.15) is 29.1 Å². The number of nitrogens with one attached hydrogen (secondary N) is 1. The number of rotatable bonds is 8. The lowest BCUT2D eigenvalue weighted by atomic mass is 10.2. The van der Waals surface area contributed by atoms with Gasteiger partial charge in [-0.2, -0.15) is 4.31 Å². The Labute approximate surface area is 185 Å². The second-order valence-electron chi connectivity index (χ2n) is 6.53. The second kappa shape index (κ2) is 9.16. The smallest absolute Gasteiger partial charge is 0.348 e. The molecule has 0 aliphatic rings. The number of fused-ring (bicyclic) bond motifs is 1. The van der Waals surface area contributed by atoms with E-state index in [9.17, 15) is 13.2 Å². The van der Waals surface area contributed by atoms with Crippen LogP contribution in [-0.4, -0.2) is 56.0 Å². The Morgan fingerprint density at radius 3 is 2.52 bits per heavy atom. The van der Waals surface area contributed by atoms with Crippen LogP contribution in [-0.2, 0) is 14.8 Å². The molecule has 31 heavy (non-hydrogen) atoms. The van der Waals surface area contributed by atoms with Crippen molar-refractivity contribution in [3.8, 4) is 5.75 Å². The molecule has 2 heterocycles. The standard InChI is InChI=1S/C20H24N4O5S2/c1-6-24(7-2)31(26,27)13-8-9-14(15(10-13)28-4)23-18-16-12(3)17(20(25)29-5)30-19(16)22-11-21-18/h8-11H,6-7H2,1-5H3,(H,21,22,23). The molecule has 0 amide bonds. The van der Waals surface area contributed by atoms with E-state index in [1.807, 2.05) is 0 Å². The molecule has 0 spiro atoms. The van der Waals surface area contributed by atoms with E-state index in [0.29, 0.717) is 51.0 Å². The first-order valence-electron chi connectivity index (χ1n) is 9.56. The average molecular weight is 465 g/mol. The molecule has 0 aliphatic heterocycles. The topological polar surface area (TPSA) is 111 Å². The molecule has 0 bridgehead atoms. The molecule has 0 saturated heterocycles. The summed E-state index contributed by atoms with van der Waals surface area (Å²) in [5, 5.41) is 3.87. The molecule has 0 fully saturated rings. The highest BCUT2D eigenvalue weighted by atomic mass is 32.2. The number of sulfonamides is 1. The maximum absolute atomic E-state index is 12.8. The summed E-state index contributed by atoms with van der Waals surface area (Å²) in [5.74, 6) is 0.391. The SMILES string of the molecule is CCN(CC)S(=O)(=O)c1ccc(Nc2ncnc3sc(C(=O)OC)c(C)c23)c(OC)c1. The fourth-order valence-corrected chi connectivity index (χ4v) is 5.77. The molecular formula is C20H24N4O5S2. The van der Waals surface area contributed by atoms with Crippen molar-refractivity contribution in [1.29, 1.82) is 0 Å². The van der Waals surface area contributed by atoms with Crippen LogP contribution in [0, 0.1) is 6.92 Å². The van der Waals surface area contributed by atoms with Gasteiger partial charge in [0, 0.05) is 19.2 Å². The van der Waals surface area contributed by atoms with Gasteiger partial charge in [-0.1, -0.05) is 13.8 Å². The molecule has 0 radical (unpaired) electrons. The van der Waals surface area contributed by atoms with E-state index in [1.54, 1.807) is 26.8 Å². The molecule has 11 heteroatoms. The van der Waals surface area contributed by atoms with E-state index >= 15 is 0 Å². The zero-order valence-electron chi connectivity index (χ0n) is 17.9. The van der Waals surface area contributed by atoms with Crippen LogP contribution in [0.15, 0.2) is 29.4 Å². The van der Waals surface area contributed by atoms with E-state index < -0.39 is 16.0 Å². The predicted molar refractivity (Wildman–Crippen MR) is 120 cm³/mol. The van der Waals surface area contributed by atoms with E-state index in [4.69, 9.17) is 9.47 Å². The number of carbonyl (C=O) groups excluding carboxylic acids is 1. The lowest BCUT2D eigenvalue weighted by Crippen LogP contribution is -2.30. The maximum Gasteiger partial charge on any atom is 0.348 e. The predicted octanol–water partition coefficient (Wildman–Crippen LogP) is 3.57. The zero-order valence-corrected chi connectivity index (χ0v) is 19.6. The monoisotopic (exact) mass is 464 g/mol. The third-order valence-electron chi connectivity index (χ3n) is 4.87. The van der Waals surface area contributed by atoms with Crippen molar-refractivity contribution in [1.82, 2.24) is 14.3 Å². The lowest BCUT2D eigenvalue weighted by molar-refractivity contribution is 0.0605. The number of aryl methyl sites for hydroxylation is 1. The highest BCUT2D eigenvalue weighted by Crippen LogP contribution is 2.37. The summed E-state index contributed by atoms with van der Waals surface area (Å²) in [6.45, 7) is 6.14. The Bertz CT molecular complexity index is 1220. The Balaban J connectivity index is 2.05. The molecule has 0 aliphatic carbocycles. The number of hydrogen-bond acceptors (Lipinski definition) is 9. The molecule has 3 rings (SSSR count). The van der Waals surface area contributed by atoms with Crippen LogP contribution in [0.25, 0.3) is 10.2 Å². The summed E-state index contributed by atoms with van der Waals surface area (Å²) in [4.78, 5) is 21.8. The highest BCUT2D eigenvalue weighted by Gasteiger charge is 2.24. The summed E-state index contributed by atoms with van der Waals surface area (Å²) >= 11 is 1.22. The molecule has 0 atom stereocenters. The van der Waals surface area contributed by atoms with Gasteiger partial charge in [-0.15, -0.1) is 11.3 Å². The molecule has 9 nitrogen and oxygen atoms in total. The minimum Gasteiger partial charge on any atom is -0.495 e. The number of anilines is 2. The summed E-state index contributed by atoms with van der Waals surface area (Å²) in [6, 6.07) is 4.64. The molecule has 0 saturated carbocycles. The maximum atomic E-state index is 12.8. The minimum absolute atomic E-state index is 0.145. The van der Waals surface area contributed by atoms with Gasteiger partial charge in [0.15, 0.2) is 0 Å². The van der Waals surface area contributed by atoms with Crippen molar-refractivity contribution in [3.05, 3.63) is 35.0 Å². The van der Waals surface area contributed by atoms with Crippen LogP contribution < -0.4 is 10.1 Å². The van der Waals surface area contributed by atoms with Gasteiger partial charge in [-0.3, -0.25) is 0 Å². The van der Waals surface area contributed by atoms with Gasteiger partial charge in [0.1, 0.15) is 27.6 Å².